The van der Waals surface area contributed by atoms with Crippen LogP contribution in [0.25, 0.3) is 0 Å². The summed E-state index contributed by atoms with van der Waals surface area (Å²) in [5.74, 6) is 4.96. The second-order valence-electron chi connectivity index (χ2n) is 0.930. The van der Waals surface area contributed by atoms with Crippen molar-refractivity contribution in [1.82, 2.24) is 15.4 Å². The van der Waals surface area contributed by atoms with Crippen molar-refractivity contribution in [3.8, 4) is 5.88 Å². The van der Waals surface area contributed by atoms with Gasteiger partial charge in [-0.05, 0) is 0 Å². The summed E-state index contributed by atoms with van der Waals surface area (Å²) in [7, 11) is 0. The van der Waals surface area contributed by atoms with E-state index in [2.05, 4.69) is 26.1 Å². The number of nitrogens with zero attached hydrogens (tertiary/aromatic N) is 2. The highest BCUT2D eigenvalue weighted by Crippen LogP contribution is 1.93. The highest BCUT2D eigenvalue weighted by molar-refractivity contribution is 4.95. The third-order valence-electron chi connectivity index (χ3n) is 0.515. The lowest BCUT2D eigenvalue weighted by molar-refractivity contribution is 0.320. The zero-order chi connectivity index (χ0) is 5.11. The van der Waals surface area contributed by atoms with Gasteiger partial charge in [-0.1, -0.05) is 10.3 Å². The summed E-state index contributed by atoms with van der Waals surface area (Å²) in [5.41, 5.74) is 0. The van der Waals surface area contributed by atoms with Crippen LogP contribution in [-0.4, -0.2) is 15.4 Å². The Kier molecular flexibility index (Phi) is 0.910. The van der Waals surface area contributed by atoms with Gasteiger partial charge in [0.05, 0.1) is 6.20 Å². The maximum absolute atomic E-state index is 4.67. The monoisotopic (exact) mass is 100 g/mol. The number of nitrogens with two attached hydrogens (primary N) is 1. The molecule has 0 spiro atoms. The summed E-state index contributed by atoms with van der Waals surface area (Å²) < 4.78 is 0. The largest absolute Gasteiger partial charge is 0.388 e. The van der Waals surface area contributed by atoms with Gasteiger partial charge in [0.1, 0.15) is 0 Å². The van der Waals surface area contributed by atoms with Crippen LogP contribution in [0.15, 0.2) is 6.20 Å². The van der Waals surface area contributed by atoms with Crippen LogP contribution in [0.1, 0.15) is 0 Å². The van der Waals surface area contributed by atoms with Crippen molar-refractivity contribution >= 4 is 0 Å². The fourth-order valence-corrected chi connectivity index (χ4v) is 0.249. The summed E-state index contributed by atoms with van der Waals surface area (Å²) in [6.07, 6.45) is 1.44. The summed E-state index contributed by atoms with van der Waals surface area (Å²) in [6, 6.07) is 0. The molecule has 5 nitrogen and oxygen atoms in total. The maximum Gasteiger partial charge on any atom is 0.275 e. The molecule has 1 aromatic rings. The molecule has 0 aromatic carbocycles. The molecule has 0 atom stereocenters. The number of rotatable bonds is 1. The Morgan fingerprint density at radius 1 is 1.86 bits per heavy atom. The molecular formula is C2H4N4O. The average molecular weight is 100 g/mol. The number of H-pyrrole nitrogens is 1. The fourth-order valence-electron chi connectivity index (χ4n) is 0.249. The van der Waals surface area contributed by atoms with Gasteiger partial charge in [0.15, 0.2) is 0 Å². The van der Waals surface area contributed by atoms with Crippen LogP contribution < -0.4 is 10.7 Å². The Bertz CT molecular complexity index is 124. The van der Waals surface area contributed by atoms with E-state index < -0.39 is 0 Å². The lowest BCUT2D eigenvalue weighted by atomic mass is 10.9. The number of aromatic nitrogens is 3. The van der Waals surface area contributed by atoms with E-state index in [-0.39, 0.29) is 0 Å². The number of nitrogens with one attached hydrogen (secondary N) is 1. The Balaban J connectivity index is 2.76. The van der Waals surface area contributed by atoms with Gasteiger partial charge in [-0.3, -0.25) is 5.10 Å². The van der Waals surface area contributed by atoms with Crippen molar-refractivity contribution < 1.29 is 4.84 Å². The standard InChI is InChI=1S/C2H4N4O/c3-7-2-1-4-6-5-2/h1H,3H2,(H,4,5,6). The molecule has 0 fully saturated rings. The minimum Gasteiger partial charge on any atom is -0.388 e. The number of hydrogen-bond acceptors (Lipinski definition) is 4. The molecule has 0 amide bonds. The van der Waals surface area contributed by atoms with E-state index in [4.69, 9.17) is 0 Å². The van der Waals surface area contributed by atoms with Crippen LogP contribution in [0.2, 0.25) is 0 Å². The molecule has 1 heterocycles. The summed E-state index contributed by atoms with van der Waals surface area (Å²) >= 11 is 0. The smallest absolute Gasteiger partial charge is 0.275 e. The zero-order valence-corrected chi connectivity index (χ0v) is 3.46. The molecule has 0 saturated carbocycles. The average Bonchev–Trinajstić information content (AvgIpc) is 2.14. The lowest BCUT2D eigenvalue weighted by Gasteiger charge is -1.81. The Labute approximate surface area is 39.4 Å². The van der Waals surface area contributed by atoms with Gasteiger partial charge in [-0.25, -0.2) is 0 Å². The van der Waals surface area contributed by atoms with E-state index in [1.807, 2.05) is 0 Å². The second-order valence-corrected chi connectivity index (χ2v) is 0.930. The molecule has 0 bridgehead atoms. The van der Waals surface area contributed by atoms with Crippen LogP contribution in [-0.2, 0) is 0 Å². The molecule has 1 rings (SSSR count). The molecule has 1 aromatic heterocycles. The van der Waals surface area contributed by atoms with E-state index in [0.29, 0.717) is 5.88 Å². The first-order valence-corrected chi connectivity index (χ1v) is 1.66. The van der Waals surface area contributed by atoms with E-state index in [1.165, 1.54) is 6.20 Å². The highest BCUT2D eigenvalue weighted by atomic mass is 16.6. The van der Waals surface area contributed by atoms with Crippen molar-refractivity contribution in [3.05, 3.63) is 6.20 Å². The fraction of sp³-hybridized carbons (Fsp3) is 0. The van der Waals surface area contributed by atoms with Crippen molar-refractivity contribution in [2.24, 2.45) is 5.90 Å². The molecule has 0 aliphatic rings. The van der Waals surface area contributed by atoms with E-state index >= 15 is 0 Å². The zero-order valence-electron chi connectivity index (χ0n) is 3.46. The first kappa shape index (κ1) is 4.07. The molecule has 3 N–H and O–H groups in total. The van der Waals surface area contributed by atoms with Crippen molar-refractivity contribution in [2.45, 2.75) is 0 Å². The van der Waals surface area contributed by atoms with Gasteiger partial charge in [-0.15, -0.1) is 0 Å². The van der Waals surface area contributed by atoms with Gasteiger partial charge < -0.3 is 4.84 Å². The topological polar surface area (TPSA) is 76.8 Å². The predicted octanol–water partition coefficient (Wildman–Crippen LogP) is -0.943. The highest BCUT2D eigenvalue weighted by Gasteiger charge is 1.87. The predicted molar refractivity (Wildman–Crippen MR) is 21.2 cm³/mol. The van der Waals surface area contributed by atoms with Gasteiger partial charge in [-0.2, -0.15) is 5.90 Å². The van der Waals surface area contributed by atoms with E-state index in [1.54, 1.807) is 0 Å². The second kappa shape index (κ2) is 1.57. The van der Waals surface area contributed by atoms with Gasteiger partial charge in [0.2, 0.25) is 0 Å². The quantitative estimate of drug-likeness (QED) is 0.446. The summed E-state index contributed by atoms with van der Waals surface area (Å²) in [6.45, 7) is 0. The van der Waals surface area contributed by atoms with Crippen LogP contribution in [0, 0.1) is 0 Å². The molecule has 0 aliphatic carbocycles. The van der Waals surface area contributed by atoms with Crippen molar-refractivity contribution in [3.63, 3.8) is 0 Å². The molecule has 7 heavy (non-hydrogen) atoms. The molecule has 5 heteroatoms. The number of hydrogen-bond donors (Lipinski definition) is 2. The SMILES string of the molecule is NOc1c[nH]nn1. The molecular weight excluding hydrogens is 96.0 g/mol. The third-order valence-corrected chi connectivity index (χ3v) is 0.515. The minimum absolute atomic E-state index is 0.292. The van der Waals surface area contributed by atoms with Gasteiger partial charge >= 0.3 is 0 Å². The minimum atomic E-state index is 0.292. The normalized spacial score (nSPS) is 8.71. The first-order chi connectivity index (χ1) is 3.43. The lowest BCUT2D eigenvalue weighted by Crippen LogP contribution is -2.01. The molecule has 0 radical (unpaired) electrons. The maximum atomic E-state index is 4.67. The van der Waals surface area contributed by atoms with Crippen molar-refractivity contribution in [1.29, 1.82) is 0 Å². The van der Waals surface area contributed by atoms with E-state index in [9.17, 15) is 0 Å². The van der Waals surface area contributed by atoms with Crippen LogP contribution in [0.5, 0.6) is 5.88 Å². The third kappa shape index (κ3) is 0.660. The van der Waals surface area contributed by atoms with Gasteiger partial charge in [0.25, 0.3) is 5.88 Å². The summed E-state index contributed by atoms with van der Waals surface area (Å²) in [4.78, 5) is 4.15. The van der Waals surface area contributed by atoms with Crippen LogP contribution in [0.4, 0.5) is 0 Å². The molecule has 0 unspecified atom stereocenters. The summed E-state index contributed by atoms with van der Waals surface area (Å²) in [5, 5.41) is 9.11. The molecule has 0 aliphatic heterocycles. The first-order valence-electron chi connectivity index (χ1n) is 1.66. The Morgan fingerprint density at radius 3 is 3.00 bits per heavy atom. The molecule has 0 saturated heterocycles. The van der Waals surface area contributed by atoms with Crippen molar-refractivity contribution in [2.75, 3.05) is 0 Å². The van der Waals surface area contributed by atoms with E-state index in [0.717, 1.165) is 0 Å². The molecule has 38 valence electrons. The van der Waals surface area contributed by atoms with Crippen LogP contribution in [0.3, 0.4) is 0 Å². The van der Waals surface area contributed by atoms with Crippen LogP contribution >= 0.6 is 0 Å². The number of aromatic amines is 1. The Morgan fingerprint density at radius 2 is 2.71 bits per heavy atom. The van der Waals surface area contributed by atoms with Gasteiger partial charge in [0, 0.05) is 0 Å². The Hall–Kier alpha value is -1.10.